The average Bonchev–Trinajstić information content (AvgIpc) is 2.29. The highest BCUT2D eigenvalue weighted by molar-refractivity contribution is 5.52. The van der Waals surface area contributed by atoms with E-state index in [9.17, 15) is 0 Å². The van der Waals surface area contributed by atoms with Crippen LogP contribution in [0.1, 0.15) is 20.8 Å². The van der Waals surface area contributed by atoms with E-state index in [1.54, 1.807) is 0 Å². The standard InChI is InChI=1S/C13H21N3O/c1-4-17-12-6-5-7-14-13(12)16-8-10(2)15-11(3)9-16/h5-7,10-11,15H,4,8-9H2,1-3H3. The first-order valence-corrected chi connectivity index (χ1v) is 6.29. The van der Waals surface area contributed by atoms with Crippen LogP contribution in [0.25, 0.3) is 0 Å². The molecule has 0 aromatic carbocycles. The van der Waals surface area contributed by atoms with Gasteiger partial charge in [0.1, 0.15) is 0 Å². The molecule has 1 aliphatic heterocycles. The van der Waals surface area contributed by atoms with Crippen molar-refractivity contribution in [2.75, 3.05) is 24.6 Å². The van der Waals surface area contributed by atoms with E-state index in [1.165, 1.54) is 0 Å². The molecule has 2 rings (SSSR count). The van der Waals surface area contributed by atoms with Crippen LogP contribution in [-0.2, 0) is 0 Å². The summed E-state index contributed by atoms with van der Waals surface area (Å²) in [7, 11) is 0. The fourth-order valence-electron chi connectivity index (χ4n) is 2.39. The Morgan fingerprint density at radius 2 is 2.12 bits per heavy atom. The van der Waals surface area contributed by atoms with Crippen LogP contribution in [0.15, 0.2) is 18.3 Å². The van der Waals surface area contributed by atoms with Gasteiger partial charge in [-0.1, -0.05) is 0 Å². The molecule has 0 aliphatic carbocycles. The maximum atomic E-state index is 5.64. The van der Waals surface area contributed by atoms with Crippen LogP contribution in [0.5, 0.6) is 5.75 Å². The lowest BCUT2D eigenvalue weighted by molar-refractivity contribution is 0.335. The molecule has 17 heavy (non-hydrogen) atoms. The SMILES string of the molecule is CCOc1cccnc1N1CC(C)NC(C)C1. The van der Waals surface area contributed by atoms with Gasteiger partial charge in [0, 0.05) is 31.4 Å². The van der Waals surface area contributed by atoms with Gasteiger partial charge in [-0.15, -0.1) is 0 Å². The van der Waals surface area contributed by atoms with Gasteiger partial charge in [-0.2, -0.15) is 0 Å². The first kappa shape index (κ1) is 12.2. The third-order valence-corrected chi connectivity index (χ3v) is 2.91. The van der Waals surface area contributed by atoms with E-state index in [2.05, 4.69) is 29.0 Å². The van der Waals surface area contributed by atoms with E-state index in [1.807, 2.05) is 25.3 Å². The summed E-state index contributed by atoms with van der Waals surface area (Å²) in [6.07, 6.45) is 1.83. The summed E-state index contributed by atoms with van der Waals surface area (Å²) in [6.45, 7) is 9.02. The van der Waals surface area contributed by atoms with E-state index in [0.717, 1.165) is 24.7 Å². The summed E-state index contributed by atoms with van der Waals surface area (Å²) < 4.78 is 5.64. The lowest BCUT2D eigenvalue weighted by Crippen LogP contribution is -2.54. The van der Waals surface area contributed by atoms with Crippen molar-refractivity contribution in [2.45, 2.75) is 32.9 Å². The summed E-state index contributed by atoms with van der Waals surface area (Å²) in [5.41, 5.74) is 0. The Kier molecular flexibility index (Phi) is 3.84. The van der Waals surface area contributed by atoms with Crippen LogP contribution < -0.4 is 15.0 Å². The van der Waals surface area contributed by atoms with Gasteiger partial charge < -0.3 is 15.0 Å². The molecule has 1 fully saturated rings. The van der Waals surface area contributed by atoms with Crippen molar-refractivity contribution < 1.29 is 4.74 Å². The minimum Gasteiger partial charge on any atom is -0.490 e. The smallest absolute Gasteiger partial charge is 0.171 e. The Morgan fingerprint density at radius 1 is 1.41 bits per heavy atom. The van der Waals surface area contributed by atoms with Crippen LogP contribution in [0.4, 0.5) is 5.82 Å². The van der Waals surface area contributed by atoms with Crippen molar-refractivity contribution in [3.63, 3.8) is 0 Å². The molecule has 2 heterocycles. The third kappa shape index (κ3) is 2.88. The molecule has 1 aromatic heterocycles. The molecule has 0 saturated carbocycles. The first-order valence-electron chi connectivity index (χ1n) is 6.29. The zero-order valence-corrected chi connectivity index (χ0v) is 10.8. The zero-order valence-electron chi connectivity index (χ0n) is 10.8. The van der Waals surface area contributed by atoms with Crippen LogP contribution in [0.2, 0.25) is 0 Å². The number of anilines is 1. The minimum atomic E-state index is 0.482. The van der Waals surface area contributed by atoms with E-state index in [0.29, 0.717) is 18.7 Å². The maximum absolute atomic E-state index is 5.64. The number of pyridine rings is 1. The number of nitrogens with one attached hydrogen (secondary N) is 1. The molecule has 1 aromatic rings. The number of nitrogens with zero attached hydrogens (tertiary/aromatic N) is 2. The molecule has 0 radical (unpaired) electrons. The monoisotopic (exact) mass is 235 g/mol. The summed E-state index contributed by atoms with van der Waals surface area (Å²) in [5.74, 6) is 1.85. The van der Waals surface area contributed by atoms with Gasteiger partial charge in [-0.3, -0.25) is 0 Å². The highest BCUT2D eigenvalue weighted by Crippen LogP contribution is 2.26. The molecular weight excluding hydrogens is 214 g/mol. The van der Waals surface area contributed by atoms with E-state index < -0.39 is 0 Å². The van der Waals surface area contributed by atoms with Gasteiger partial charge in [0.25, 0.3) is 0 Å². The molecular formula is C13H21N3O. The molecule has 1 N–H and O–H groups in total. The number of hydrogen-bond donors (Lipinski definition) is 1. The molecule has 0 bridgehead atoms. The second-order valence-electron chi connectivity index (χ2n) is 4.63. The summed E-state index contributed by atoms with van der Waals surface area (Å²) in [6, 6.07) is 4.87. The summed E-state index contributed by atoms with van der Waals surface area (Å²) >= 11 is 0. The van der Waals surface area contributed by atoms with Crippen molar-refractivity contribution in [3.05, 3.63) is 18.3 Å². The lowest BCUT2D eigenvalue weighted by atomic mass is 10.1. The summed E-state index contributed by atoms with van der Waals surface area (Å²) in [5, 5.41) is 3.52. The van der Waals surface area contributed by atoms with Gasteiger partial charge in [0.2, 0.25) is 0 Å². The van der Waals surface area contributed by atoms with Gasteiger partial charge in [-0.05, 0) is 32.9 Å². The van der Waals surface area contributed by atoms with E-state index in [4.69, 9.17) is 4.74 Å². The van der Waals surface area contributed by atoms with E-state index in [-0.39, 0.29) is 0 Å². The van der Waals surface area contributed by atoms with Gasteiger partial charge in [0.15, 0.2) is 11.6 Å². The zero-order chi connectivity index (χ0) is 12.3. The number of hydrogen-bond acceptors (Lipinski definition) is 4. The second-order valence-corrected chi connectivity index (χ2v) is 4.63. The van der Waals surface area contributed by atoms with Crippen molar-refractivity contribution in [3.8, 4) is 5.75 Å². The Hall–Kier alpha value is -1.29. The average molecular weight is 235 g/mol. The third-order valence-electron chi connectivity index (χ3n) is 2.91. The van der Waals surface area contributed by atoms with Crippen molar-refractivity contribution in [2.24, 2.45) is 0 Å². The molecule has 1 saturated heterocycles. The number of piperazine rings is 1. The topological polar surface area (TPSA) is 37.4 Å². The number of aromatic nitrogens is 1. The quantitative estimate of drug-likeness (QED) is 0.864. The molecule has 2 unspecified atom stereocenters. The molecule has 4 nitrogen and oxygen atoms in total. The lowest BCUT2D eigenvalue weighted by Gasteiger charge is -2.37. The van der Waals surface area contributed by atoms with Crippen LogP contribution in [0.3, 0.4) is 0 Å². The Morgan fingerprint density at radius 3 is 2.76 bits per heavy atom. The highest BCUT2D eigenvalue weighted by atomic mass is 16.5. The van der Waals surface area contributed by atoms with Crippen LogP contribution in [-0.4, -0.2) is 36.8 Å². The van der Waals surface area contributed by atoms with Gasteiger partial charge in [0.05, 0.1) is 6.61 Å². The van der Waals surface area contributed by atoms with E-state index >= 15 is 0 Å². The molecule has 4 heteroatoms. The largest absolute Gasteiger partial charge is 0.490 e. The number of rotatable bonds is 3. The molecule has 94 valence electrons. The Bertz CT molecular complexity index is 359. The van der Waals surface area contributed by atoms with Gasteiger partial charge >= 0.3 is 0 Å². The molecule has 0 spiro atoms. The fourth-order valence-corrected chi connectivity index (χ4v) is 2.39. The van der Waals surface area contributed by atoms with Crippen molar-refractivity contribution in [1.82, 2.24) is 10.3 Å². The Balaban J connectivity index is 2.20. The molecule has 2 atom stereocenters. The Labute approximate surface area is 103 Å². The van der Waals surface area contributed by atoms with Crippen molar-refractivity contribution >= 4 is 5.82 Å². The van der Waals surface area contributed by atoms with Gasteiger partial charge in [-0.25, -0.2) is 4.98 Å². The van der Waals surface area contributed by atoms with Crippen LogP contribution >= 0.6 is 0 Å². The normalized spacial score (nSPS) is 24.8. The first-order chi connectivity index (χ1) is 8.20. The van der Waals surface area contributed by atoms with Crippen LogP contribution in [0, 0.1) is 0 Å². The molecule has 1 aliphatic rings. The maximum Gasteiger partial charge on any atom is 0.171 e. The highest BCUT2D eigenvalue weighted by Gasteiger charge is 2.23. The predicted octanol–water partition coefficient (Wildman–Crippen LogP) is 1.67. The molecule has 0 amide bonds. The minimum absolute atomic E-state index is 0.482. The predicted molar refractivity (Wildman–Crippen MR) is 69.7 cm³/mol. The summed E-state index contributed by atoms with van der Waals surface area (Å²) in [4.78, 5) is 6.77. The fraction of sp³-hybridized carbons (Fsp3) is 0.615. The number of ether oxygens (including phenoxy) is 1. The second kappa shape index (κ2) is 5.36. The van der Waals surface area contributed by atoms with Crippen molar-refractivity contribution in [1.29, 1.82) is 0 Å².